The molecule has 1 atom stereocenters. The van der Waals surface area contributed by atoms with Crippen LogP contribution >= 0.6 is 0 Å². The molecule has 0 heterocycles. The predicted octanol–water partition coefficient (Wildman–Crippen LogP) is 2.49. The average molecular weight is 275 g/mol. The Bertz CT molecular complexity index is 460. The van der Waals surface area contributed by atoms with Crippen molar-refractivity contribution in [1.29, 1.82) is 0 Å². The molecule has 0 amide bonds. The highest BCUT2D eigenvalue weighted by Crippen LogP contribution is 2.30. The van der Waals surface area contributed by atoms with Crippen molar-refractivity contribution >= 4 is 5.97 Å². The molecule has 0 bridgehead atoms. The lowest BCUT2D eigenvalue weighted by atomic mass is 10.1. The zero-order valence-electron chi connectivity index (χ0n) is 9.78. The van der Waals surface area contributed by atoms with Gasteiger partial charge in [0.15, 0.2) is 0 Å². The summed E-state index contributed by atoms with van der Waals surface area (Å²) >= 11 is 0. The molecule has 104 valence electrons. The summed E-state index contributed by atoms with van der Waals surface area (Å²) in [6, 6.07) is 3.78. The fourth-order valence-corrected chi connectivity index (χ4v) is 1.47. The number of ether oxygens (including phenoxy) is 1. The molecular formula is C12H12F3NO3. The minimum Gasteiger partial charge on any atom is -0.480 e. The molecule has 0 fully saturated rings. The summed E-state index contributed by atoms with van der Waals surface area (Å²) < 4.78 is 40.5. The van der Waals surface area contributed by atoms with Gasteiger partial charge in [-0.15, -0.1) is 19.8 Å². The van der Waals surface area contributed by atoms with Gasteiger partial charge in [0, 0.05) is 12.1 Å². The Hall–Kier alpha value is -2.02. The second-order valence-electron chi connectivity index (χ2n) is 3.55. The van der Waals surface area contributed by atoms with Crippen LogP contribution in [0.25, 0.3) is 0 Å². The van der Waals surface area contributed by atoms with Crippen LogP contribution in [0.4, 0.5) is 13.2 Å². The highest BCUT2D eigenvalue weighted by molar-refractivity contribution is 5.76. The zero-order chi connectivity index (χ0) is 14.5. The molecule has 0 aliphatic rings. The molecule has 1 aromatic carbocycles. The van der Waals surface area contributed by atoms with Crippen LogP contribution < -0.4 is 10.1 Å². The summed E-state index contributed by atoms with van der Waals surface area (Å²) in [6.45, 7) is 3.54. The van der Waals surface area contributed by atoms with E-state index in [0.717, 1.165) is 6.07 Å². The quantitative estimate of drug-likeness (QED) is 0.783. The molecule has 0 saturated carbocycles. The van der Waals surface area contributed by atoms with Gasteiger partial charge in [-0.05, 0) is 6.07 Å². The van der Waals surface area contributed by atoms with Crippen molar-refractivity contribution in [2.45, 2.75) is 12.4 Å². The van der Waals surface area contributed by atoms with Gasteiger partial charge >= 0.3 is 12.3 Å². The van der Waals surface area contributed by atoms with E-state index in [-0.39, 0.29) is 12.1 Å². The topological polar surface area (TPSA) is 58.6 Å². The van der Waals surface area contributed by atoms with E-state index in [1.165, 1.54) is 24.3 Å². The summed E-state index contributed by atoms with van der Waals surface area (Å²) in [5, 5.41) is 11.6. The number of benzene rings is 1. The summed E-state index contributed by atoms with van der Waals surface area (Å²) in [5.74, 6) is -1.85. The van der Waals surface area contributed by atoms with Gasteiger partial charge in [0.2, 0.25) is 0 Å². The standard InChI is InChI=1S/C12H12F3NO3/c1-2-7-16-10(11(17)18)8-5-3-4-6-9(8)19-12(13,14)15/h2-6,10,16H,1,7H2,(H,17,18). The average Bonchev–Trinajstić information content (AvgIpc) is 2.29. The predicted molar refractivity (Wildman–Crippen MR) is 61.7 cm³/mol. The van der Waals surface area contributed by atoms with Crippen LogP contribution in [0.3, 0.4) is 0 Å². The van der Waals surface area contributed by atoms with Gasteiger partial charge < -0.3 is 9.84 Å². The van der Waals surface area contributed by atoms with E-state index >= 15 is 0 Å². The van der Waals surface area contributed by atoms with Crippen LogP contribution in [0.5, 0.6) is 5.75 Å². The fraction of sp³-hybridized carbons (Fsp3) is 0.250. The number of aliphatic carboxylic acids is 1. The molecule has 1 unspecified atom stereocenters. The zero-order valence-corrected chi connectivity index (χ0v) is 9.78. The van der Waals surface area contributed by atoms with Gasteiger partial charge in [-0.3, -0.25) is 10.1 Å². The molecule has 0 aromatic heterocycles. The first-order valence-electron chi connectivity index (χ1n) is 5.27. The maximum absolute atomic E-state index is 12.2. The van der Waals surface area contributed by atoms with Crippen LogP contribution in [-0.2, 0) is 4.79 Å². The largest absolute Gasteiger partial charge is 0.573 e. The lowest BCUT2D eigenvalue weighted by molar-refractivity contribution is -0.275. The van der Waals surface area contributed by atoms with Crippen molar-refractivity contribution in [2.75, 3.05) is 6.54 Å². The van der Waals surface area contributed by atoms with Crippen molar-refractivity contribution in [3.05, 3.63) is 42.5 Å². The number of para-hydroxylation sites is 1. The molecule has 0 spiro atoms. The summed E-state index contributed by atoms with van der Waals surface area (Å²) in [6.07, 6.45) is -3.47. The summed E-state index contributed by atoms with van der Waals surface area (Å²) in [4.78, 5) is 11.1. The molecule has 0 aliphatic carbocycles. The van der Waals surface area contributed by atoms with Crippen molar-refractivity contribution in [1.82, 2.24) is 5.32 Å². The highest BCUT2D eigenvalue weighted by atomic mass is 19.4. The van der Waals surface area contributed by atoms with Gasteiger partial charge in [-0.25, -0.2) is 0 Å². The number of hydrogen-bond donors (Lipinski definition) is 2. The first-order chi connectivity index (χ1) is 8.85. The highest BCUT2D eigenvalue weighted by Gasteiger charge is 2.33. The van der Waals surface area contributed by atoms with Crippen LogP contribution in [0.1, 0.15) is 11.6 Å². The molecule has 2 N–H and O–H groups in total. The second-order valence-corrected chi connectivity index (χ2v) is 3.55. The van der Waals surface area contributed by atoms with Gasteiger partial charge in [0.05, 0.1) is 0 Å². The van der Waals surface area contributed by atoms with E-state index in [1.54, 1.807) is 0 Å². The smallest absolute Gasteiger partial charge is 0.480 e. The molecule has 0 saturated heterocycles. The van der Waals surface area contributed by atoms with Crippen LogP contribution in [0, 0.1) is 0 Å². The molecular weight excluding hydrogens is 263 g/mol. The van der Waals surface area contributed by atoms with E-state index < -0.39 is 24.1 Å². The first-order valence-corrected chi connectivity index (χ1v) is 5.27. The van der Waals surface area contributed by atoms with Gasteiger partial charge in [-0.1, -0.05) is 24.3 Å². The number of hydrogen-bond acceptors (Lipinski definition) is 3. The van der Waals surface area contributed by atoms with Crippen molar-refractivity contribution in [3.63, 3.8) is 0 Å². The number of alkyl halides is 3. The Balaban J connectivity index is 3.08. The summed E-state index contributed by atoms with van der Waals surface area (Å²) in [5.41, 5.74) is -0.103. The molecule has 0 aliphatic heterocycles. The molecule has 19 heavy (non-hydrogen) atoms. The molecule has 1 rings (SSSR count). The first kappa shape index (κ1) is 15.0. The van der Waals surface area contributed by atoms with E-state index in [9.17, 15) is 18.0 Å². The SMILES string of the molecule is C=CCNC(C(=O)O)c1ccccc1OC(F)(F)F. The number of rotatable bonds is 6. The van der Waals surface area contributed by atoms with Crippen LogP contribution in [-0.4, -0.2) is 24.0 Å². The third-order valence-corrected chi connectivity index (χ3v) is 2.17. The Morgan fingerprint density at radius 3 is 2.63 bits per heavy atom. The minimum atomic E-state index is -4.88. The number of nitrogens with one attached hydrogen (secondary N) is 1. The number of halogens is 3. The number of carboxylic acid groups (broad SMARTS) is 1. The van der Waals surface area contributed by atoms with Gasteiger partial charge in [0.1, 0.15) is 11.8 Å². The van der Waals surface area contributed by atoms with Crippen LogP contribution in [0.2, 0.25) is 0 Å². The van der Waals surface area contributed by atoms with Crippen LogP contribution in [0.15, 0.2) is 36.9 Å². The fourth-order valence-electron chi connectivity index (χ4n) is 1.47. The number of carboxylic acids is 1. The van der Waals surface area contributed by atoms with E-state index in [2.05, 4.69) is 16.6 Å². The maximum Gasteiger partial charge on any atom is 0.573 e. The van der Waals surface area contributed by atoms with Crippen molar-refractivity contribution in [2.24, 2.45) is 0 Å². The Morgan fingerprint density at radius 2 is 2.11 bits per heavy atom. The third kappa shape index (κ3) is 4.63. The van der Waals surface area contributed by atoms with E-state index in [4.69, 9.17) is 5.11 Å². The lowest BCUT2D eigenvalue weighted by Gasteiger charge is -2.18. The lowest BCUT2D eigenvalue weighted by Crippen LogP contribution is -2.30. The van der Waals surface area contributed by atoms with Gasteiger partial charge in [-0.2, -0.15) is 0 Å². The third-order valence-electron chi connectivity index (χ3n) is 2.17. The molecule has 4 nitrogen and oxygen atoms in total. The van der Waals surface area contributed by atoms with E-state index in [0.29, 0.717) is 0 Å². The molecule has 1 aromatic rings. The van der Waals surface area contributed by atoms with Crippen molar-refractivity contribution in [3.8, 4) is 5.75 Å². The second kappa shape index (κ2) is 6.24. The van der Waals surface area contributed by atoms with Crippen molar-refractivity contribution < 1.29 is 27.8 Å². The normalized spacial score (nSPS) is 12.8. The van der Waals surface area contributed by atoms with E-state index in [1.807, 2.05) is 0 Å². The Morgan fingerprint density at radius 1 is 1.47 bits per heavy atom. The number of carbonyl (C=O) groups is 1. The maximum atomic E-state index is 12.2. The monoisotopic (exact) mass is 275 g/mol. The molecule has 7 heteroatoms. The van der Waals surface area contributed by atoms with Gasteiger partial charge in [0.25, 0.3) is 0 Å². The Kier molecular flexibility index (Phi) is 4.94. The minimum absolute atomic E-state index is 0.103. The summed E-state index contributed by atoms with van der Waals surface area (Å²) in [7, 11) is 0. The Labute approximate surface area is 107 Å². The molecule has 0 radical (unpaired) electrons.